The highest BCUT2D eigenvalue weighted by Gasteiger charge is 2.24. The molecule has 1 saturated heterocycles. The molecule has 2 heterocycles. The Bertz CT molecular complexity index is 1120. The monoisotopic (exact) mass is 467 g/mol. The van der Waals surface area contributed by atoms with Crippen LogP contribution in [0.15, 0.2) is 30.3 Å². The molecular weight excluding hydrogens is 441 g/mol. The molecule has 0 radical (unpaired) electrons. The van der Waals surface area contributed by atoms with Gasteiger partial charge in [0.2, 0.25) is 5.91 Å². The van der Waals surface area contributed by atoms with Gasteiger partial charge in [0.05, 0.1) is 30.8 Å². The first-order valence-corrected chi connectivity index (χ1v) is 11.2. The van der Waals surface area contributed by atoms with Gasteiger partial charge in [-0.25, -0.2) is 9.18 Å². The minimum Gasteiger partial charge on any atom is -0.495 e. The summed E-state index contributed by atoms with van der Waals surface area (Å²) in [5, 5.41) is 12.4. The Morgan fingerprint density at radius 1 is 1.32 bits per heavy atom. The number of nitriles is 1. The molecule has 0 bridgehead atoms. The van der Waals surface area contributed by atoms with E-state index in [0.717, 1.165) is 17.2 Å². The van der Waals surface area contributed by atoms with Gasteiger partial charge in [-0.05, 0) is 36.2 Å². The highest BCUT2D eigenvalue weighted by molar-refractivity contribution is 5.93. The number of benzene rings is 2. The second-order valence-electron chi connectivity index (χ2n) is 8.22. The Balaban J connectivity index is 1.36. The second-order valence-corrected chi connectivity index (χ2v) is 8.22. The lowest BCUT2D eigenvalue weighted by atomic mass is 10.0. The highest BCUT2D eigenvalue weighted by Crippen LogP contribution is 2.26. The van der Waals surface area contributed by atoms with Gasteiger partial charge in [-0.3, -0.25) is 4.79 Å². The third kappa shape index (κ3) is 5.19. The topological polar surface area (TPSA) is 101 Å². The van der Waals surface area contributed by atoms with Crippen LogP contribution in [0.2, 0.25) is 0 Å². The second kappa shape index (κ2) is 10.6. The van der Waals surface area contributed by atoms with Crippen molar-refractivity contribution in [3.8, 4) is 11.8 Å². The van der Waals surface area contributed by atoms with E-state index in [1.165, 1.54) is 13.2 Å². The van der Waals surface area contributed by atoms with Crippen LogP contribution in [0.1, 0.15) is 45.1 Å². The van der Waals surface area contributed by atoms with Crippen LogP contribution < -0.4 is 10.1 Å². The van der Waals surface area contributed by atoms with Crippen LogP contribution in [0, 0.1) is 17.1 Å². The number of nitrogens with zero attached hydrogens (tertiary/aromatic N) is 2. The lowest BCUT2D eigenvalue weighted by molar-refractivity contribution is -0.130. The number of fused-ring (bicyclic) bond motifs is 1. The number of methoxy groups -OCH3 is 1. The smallest absolute Gasteiger partial charge is 0.338 e. The Hall–Kier alpha value is -3.48. The zero-order chi connectivity index (χ0) is 24.1. The molecule has 8 nitrogen and oxygen atoms in total. The summed E-state index contributed by atoms with van der Waals surface area (Å²) < 4.78 is 30.7. The summed E-state index contributed by atoms with van der Waals surface area (Å²) in [5.41, 5.74) is 2.73. The van der Waals surface area contributed by atoms with Gasteiger partial charge in [-0.15, -0.1) is 0 Å². The number of amides is 1. The third-order valence-electron chi connectivity index (χ3n) is 6.04. The van der Waals surface area contributed by atoms with Crippen LogP contribution in [0.4, 0.5) is 4.39 Å². The quantitative estimate of drug-likeness (QED) is 0.690. The molecule has 2 aromatic rings. The Morgan fingerprint density at radius 3 is 2.97 bits per heavy atom. The Morgan fingerprint density at radius 2 is 2.18 bits per heavy atom. The number of rotatable bonds is 4. The lowest BCUT2D eigenvalue weighted by Gasteiger charge is -2.27. The summed E-state index contributed by atoms with van der Waals surface area (Å²) in [5.74, 6) is -0.850. The fourth-order valence-electron chi connectivity index (χ4n) is 4.18. The molecule has 0 aromatic heterocycles. The van der Waals surface area contributed by atoms with Gasteiger partial charge in [0.25, 0.3) is 0 Å². The molecule has 34 heavy (non-hydrogen) atoms. The number of hydrogen-bond donors (Lipinski definition) is 1. The zero-order valence-electron chi connectivity index (χ0n) is 18.9. The number of cyclic esters (lactones) is 1. The van der Waals surface area contributed by atoms with Crippen molar-refractivity contribution in [1.82, 2.24) is 10.2 Å². The lowest BCUT2D eigenvalue weighted by Crippen LogP contribution is -2.41. The van der Waals surface area contributed by atoms with E-state index in [1.807, 2.05) is 18.2 Å². The summed E-state index contributed by atoms with van der Waals surface area (Å²) in [6.45, 7) is 2.79. The van der Waals surface area contributed by atoms with Crippen molar-refractivity contribution < 1.29 is 28.2 Å². The molecule has 0 saturated carbocycles. The number of hydrogen-bond acceptors (Lipinski definition) is 7. The van der Waals surface area contributed by atoms with Crippen LogP contribution >= 0.6 is 0 Å². The first-order chi connectivity index (χ1) is 16.5. The number of carbonyl (C=O) groups excluding carboxylic acids is 2. The summed E-state index contributed by atoms with van der Waals surface area (Å²) >= 11 is 0. The standard InChI is InChI=1S/C25H26FN3O5/c1-32-22-11-17(21(26)10-18(22)13-27)12-24(30)29-6-2-8-33-23(14-28-5-7-29)16-3-4-20-19(9-16)15-34-25(20)31/h3-4,9-11,23,28H,2,5-8,12,14-15H2,1H3/t23-/m0/s1. The average Bonchev–Trinajstić information content (AvgIpc) is 3.22. The fraction of sp³-hybridized carbons (Fsp3) is 0.400. The number of nitrogens with one attached hydrogen (secondary N) is 1. The average molecular weight is 467 g/mol. The van der Waals surface area contributed by atoms with Crippen molar-refractivity contribution in [3.63, 3.8) is 0 Å². The van der Waals surface area contributed by atoms with Crippen molar-refractivity contribution in [2.45, 2.75) is 25.6 Å². The molecule has 2 aromatic carbocycles. The van der Waals surface area contributed by atoms with Crippen molar-refractivity contribution in [2.24, 2.45) is 0 Å². The number of esters is 1. The predicted octanol–water partition coefficient (Wildman–Crippen LogP) is 2.50. The van der Waals surface area contributed by atoms with Gasteiger partial charge in [0.15, 0.2) is 0 Å². The molecule has 2 aliphatic rings. The Labute approximate surface area is 197 Å². The van der Waals surface area contributed by atoms with E-state index in [2.05, 4.69) is 5.32 Å². The molecule has 0 spiro atoms. The van der Waals surface area contributed by atoms with Gasteiger partial charge < -0.3 is 24.4 Å². The summed E-state index contributed by atoms with van der Waals surface area (Å²) in [4.78, 5) is 26.3. The Kier molecular flexibility index (Phi) is 7.40. The number of ether oxygens (including phenoxy) is 3. The van der Waals surface area contributed by atoms with Crippen molar-refractivity contribution in [3.05, 3.63) is 64.0 Å². The fourth-order valence-corrected chi connectivity index (χ4v) is 4.18. The summed E-state index contributed by atoms with van der Waals surface area (Å²) in [6, 6.07) is 10.0. The van der Waals surface area contributed by atoms with Crippen molar-refractivity contribution >= 4 is 11.9 Å². The van der Waals surface area contributed by atoms with Crippen LogP contribution in [0.5, 0.6) is 5.75 Å². The molecule has 1 atom stereocenters. The van der Waals surface area contributed by atoms with Gasteiger partial charge in [-0.1, -0.05) is 6.07 Å². The third-order valence-corrected chi connectivity index (χ3v) is 6.04. The van der Waals surface area contributed by atoms with Gasteiger partial charge >= 0.3 is 5.97 Å². The number of halogens is 1. The van der Waals surface area contributed by atoms with Gasteiger partial charge in [-0.2, -0.15) is 5.26 Å². The molecule has 1 amide bonds. The largest absolute Gasteiger partial charge is 0.495 e. The molecule has 0 aliphatic carbocycles. The molecule has 1 N–H and O–H groups in total. The molecule has 2 aliphatic heterocycles. The van der Waals surface area contributed by atoms with E-state index >= 15 is 0 Å². The molecule has 4 rings (SSSR count). The first kappa shape index (κ1) is 23.7. The minimum absolute atomic E-state index is 0.0913. The van der Waals surface area contributed by atoms with Crippen molar-refractivity contribution in [2.75, 3.05) is 39.9 Å². The molecule has 1 fully saturated rings. The number of carbonyl (C=O) groups is 2. The SMILES string of the molecule is COc1cc(CC(=O)N2CCCO[C@H](c3ccc4c(c3)COC4=O)CNCC2)c(F)cc1C#N. The van der Waals surface area contributed by atoms with E-state index in [4.69, 9.17) is 19.5 Å². The van der Waals surface area contributed by atoms with Gasteiger partial charge in [0.1, 0.15) is 24.2 Å². The maximum Gasteiger partial charge on any atom is 0.338 e. The highest BCUT2D eigenvalue weighted by atomic mass is 19.1. The maximum atomic E-state index is 14.4. The molecule has 0 unspecified atom stereocenters. The van der Waals surface area contributed by atoms with E-state index in [-0.39, 0.29) is 47.9 Å². The van der Waals surface area contributed by atoms with Crippen LogP contribution in [0.3, 0.4) is 0 Å². The summed E-state index contributed by atoms with van der Waals surface area (Å²) in [7, 11) is 1.40. The van der Waals surface area contributed by atoms with Crippen molar-refractivity contribution in [1.29, 1.82) is 5.26 Å². The van der Waals surface area contributed by atoms with E-state index in [0.29, 0.717) is 44.8 Å². The van der Waals surface area contributed by atoms with E-state index in [9.17, 15) is 14.0 Å². The van der Waals surface area contributed by atoms with Crippen LogP contribution in [0.25, 0.3) is 0 Å². The molecule has 178 valence electrons. The summed E-state index contributed by atoms with van der Waals surface area (Å²) in [6.07, 6.45) is 0.338. The van der Waals surface area contributed by atoms with E-state index in [1.54, 1.807) is 11.0 Å². The normalized spacial score (nSPS) is 18.6. The van der Waals surface area contributed by atoms with Crippen LogP contribution in [-0.4, -0.2) is 56.7 Å². The minimum atomic E-state index is -0.600. The van der Waals surface area contributed by atoms with E-state index < -0.39 is 5.82 Å². The maximum absolute atomic E-state index is 14.4. The van der Waals surface area contributed by atoms with Crippen LogP contribution in [-0.2, 0) is 27.3 Å². The molecular formula is C25H26FN3O5. The predicted molar refractivity (Wildman–Crippen MR) is 120 cm³/mol. The van der Waals surface area contributed by atoms with Gasteiger partial charge in [0, 0.05) is 43.9 Å². The molecule has 9 heteroatoms. The zero-order valence-corrected chi connectivity index (χ0v) is 18.9. The first-order valence-electron chi connectivity index (χ1n) is 11.2.